The van der Waals surface area contributed by atoms with E-state index < -0.39 is 0 Å². The Bertz CT molecular complexity index is 917. The summed E-state index contributed by atoms with van der Waals surface area (Å²) in [5, 5.41) is 18.4. The number of aromatic nitrogens is 3. The van der Waals surface area contributed by atoms with Gasteiger partial charge in [-0.05, 0) is 50.4 Å². The fourth-order valence-corrected chi connectivity index (χ4v) is 3.76. The highest BCUT2D eigenvalue weighted by molar-refractivity contribution is 7.14. The van der Waals surface area contributed by atoms with Crippen molar-refractivity contribution in [2.75, 3.05) is 18.4 Å². The van der Waals surface area contributed by atoms with Gasteiger partial charge in [0.1, 0.15) is 15.8 Å². The number of nitrogens with zero attached hydrogens (tertiary/aromatic N) is 3. The smallest absolute Gasteiger partial charge is 0.228 e. The maximum absolute atomic E-state index is 12.4. The number of hydrogen-bond acceptors (Lipinski definition) is 6. The summed E-state index contributed by atoms with van der Waals surface area (Å²) in [7, 11) is 0. The molecular weight excluding hydrogens is 334 g/mol. The van der Waals surface area contributed by atoms with Crippen molar-refractivity contribution in [2.24, 2.45) is 5.92 Å². The number of fused-ring (bicyclic) bond motifs is 1. The molecule has 0 bridgehead atoms. The monoisotopic (exact) mass is 353 g/mol. The second-order valence-electron chi connectivity index (χ2n) is 6.27. The molecule has 1 saturated heterocycles. The Labute approximate surface area is 149 Å². The second kappa shape index (κ2) is 6.85. The molecule has 6 nitrogen and oxygen atoms in total. The van der Waals surface area contributed by atoms with Gasteiger partial charge >= 0.3 is 0 Å². The van der Waals surface area contributed by atoms with Crippen molar-refractivity contribution in [2.45, 2.75) is 19.8 Å². The second-order valence-corrected chi connectivity index (χ2v) is 7.45. The van der Waals surface area contributed by atoms with E-state index in [4.69, 9.17) is 0 Å². The summed E-state index contributed by atoms with van der Waals surface area (Å²) in [5.74, 6) is 0.723. The number of carbonyl (C=O) groups excluding carboxylic acids is 1. The van der Waals surface area contributed by atoms with Crippen LogP contribution in [0.2, 0.25) is 0 Å². The van der Waals surface area contributed by atoms with Gasteiger partial charge in [0.05, 0.1) is 0 Å². The highest BCUT2D eigenvalue weighted by Crippen LogP contribution is 2.27. The number of carbonyl (C=O) groups is 1. The first-order valence-corrected chi connectivity index (χ1v) is 9.22. The van der Waals surface area contributed by atoms with Crippen molar-refractivity contribution in [3.05, 3.63) is 35.5 Å². The van der Waals surface area contributed by atoms with E-state index in [0.29, 0.717) is 5.82 Å². The lowest BCUT2D eigenvalue weighted by molar-refractivity contribution is -0.120. The largest absolute Gasteiger partial charge is 0.317 e. The molecule has 3 aromatic rings. The fraction of sp³-hybridized carbons (Fsp3) is 0.333. The third-order valence-electron chi connectivity index (χ3n) is 4.46. The van der Waals surface area contributed by atoms with E-state index in [1.165, 1.54) is 0 Å². The Kier molecular flexibility index (Phi) is 4.42. The molecule has 0 unspecified atom stereocenters. The van der Waals surface area contributed by atoms with E-state index in [0.717, 1.165) is 52.3 Å². The molecule has 0 saturated carbocycles. The molecule has 1 amide bonds. The van der Waals surface area contributed by atoms with Gasteiger partial charge in [0.25, 0.3) is 0 Å². The van der Waals surface area contributed by atoms with Gasteiger partial charge in [-0.2, -0.15) is 0 Å². The van der Waals surface area contributed by atoms with Crippen molar-refractivity contribution in [3.8, 4) is 10.6 Å². The first-order chi connectivity index (χ1) is 12.2. The van der Waals surface area contributed by atoms with Crippen molar-refractivity contribution < 1.29 is 4.79 Å². The predicted molar refractivity (Wildman–Crippen MR) is 99.6 cm³/mol. The van der Waals surface area contributed by atoms with Gasteiger partial charge in [0.15, 0.2) is 0 Å². The summed E-state index contributed by atoms with van der Waals surface area (Å²) in [4.78, 5) is 16.8. The van der Waals surface area contributed by atoms with E-state index in [2.05, 4.69) is 31.9 Å². The molecule has 2 aromatic heterocycles. The van der Waals surface area contributed by atoms with Crippen LogP contribution in [0.3, 0.4) is 0 Å². The van der Waals surface area contributed by atoms with E-state index in [1.54, 1.807) is 17.5 Å². The van der Waals surface area contributed by atoms with Gasteiger partial charge < -0.3 is 10.6 Å². The molecule has 2 N–H and O–H groups in total. The molecule has 128 valence electrons. The molecule has 4 rings (SSSR count). The first kappa shape index (κ1) is 16.1. The van der Waals surface area contributed by atoms with Crippen molar-refractivity contribution >= 4 is 33.8 Å². The van der Waals surface area contributed by atoms with Crippen LogP contribution in [0.1, 0.15) is 17.8 Å². The van der Waals surface area contributed by atoms with Gasteiger partial charge in [-0.1, -0.05) is 23.5 Å². The van der Waals surface area contributed by atoms with Crippen LogP contribution in [0, 0.1) is 12.8 Å². The minimum Gasteiger partial charge on any atom is -0.317 e. The van der Waals surface area contributed by atoms with E-state index in [9.17, 15) is 4.79 Å². The molecule has 0 atom stereocenters. The number of rotatable bonds is 3. The van der Waals surface area contributed by atoms with Crippen molar-refractivity contribution in [3.63, 3.8) is 0 Å². The lowest BCUT2D eigenvalue weighted by Crippen LogP contribution is -2.34. The van der Waals surface area contributed by atoms with Crippen molar-refractivity contribution in [1.82, 2.24) is 20.5 Å². The van der Waals surface area contributed by atoms with Crippen LogP contribution in [0.25, 0.3) is 21.3 Å². The van der Waals surface area contributed by atoms with Gasteiger partial charge in [-0.3, -0.25) is 4.79 Å². The summed E-state index contributed by atoms with van der Waals surface area (Å²) < 4.78 is 0. The number of benzene rings is 1. The standard InChI is InChI=1S/C18H19N5OS/c1-11-22-23-18(25-11)13-2-3-14-10-20-16(9-15(14)8-13)21-17(24)12-4-6-19-7-5-12/h2-3,8-10,12,19H,4-7H2,1H3,(H,20,21,24). The Morgan fingerprint density at radius 3 is 2.80 bits per heavy atom. The van der Waals surface area contributed by atoms with E-state index in [1.807, 2.05) is 25.1 Å². The molecule has 0 aliphatic carbocycles. The molecule has 1 aromatic carbocycles. The van der Waals surface area contributed by atoms with Crippen LogP contribution in [-0.4, -0.2) is 34.2 Å². The fourth-order valence-electron chi connectivity index (χ4n) is 3.07. The number of piperidine rings is 1. The quantitative estimate of drug-likeness (QED) is 0.757. The lowest BCUT2D eigenvalue weighted by atomic mass is 9.97. The summed E-state index contributed by atoms with van der Waals surface area (Å²) in [5.41, 5.74) is 1.03. The number of hydrogen-bond donors (Lipinski definition) is 2. The molecule has 25 heavy (non-hydrogen) atoms. The van der Waals surface area contributed by atoms with Crippen molar-refractivity contribution in [1.29, 1.82) is 0 Å². The number of anilines is 1. The van der Waals surface area contributed by atoms with Crippen LogP contribution < -0.4 is 10.6 Å². The average molecular weight is 353 g/mol. The van der Waals surface area contributed by atoms with Crippen LogP contribution in [0.15, 0.2) is 30.5 Å². The van der Waals surface area contributed by atoms with E-state index >= 15 is 0 Å². The summed E-state index contributed by atoms with van der Waals surface area (Å²) in [6, 6.07) is 8.03. The van der Waals surface area contributed by atoms with Gasteiger partial charge in [0.2, 0.25) is 5.91 Å². The molecule has 1 aliphatic heterocycles. The molecule has 1 fully saturated rings. The van der Waals surface area contributed by atoms with Gasteiger partial charge in [-0.25, -0.2) is 4.98 Å². The zero-order valence-corrected chi connectivity index (χ0v) is 14.8. The summed E-state index contributed by atoms with van der Waals surface area (Å²) in [6.07, 6.45) is 3.54. The number of nitrogens with one attached hydrogen (secondary N) is 2. The SMILES string of the molecule is Cc1nnc(-c2ccc3cnc(NC(=O)C4CCNCC4)cc3c2)s1. The molecule has 1 aliphatic rings. The molecule has 3 heterocycles. The average Bonchev–Trinajstić information content (AvgIpc) is 3.08. The minimum atomic E-state index is 0.0595. The van der Waals surface area contributed by atoms with Crippen LogP contribution in [0.4, 0.5) is 5.82 Å². The minimum absolute atomic E-state index is 0.0595. The highest BCUT2D eigenvalue weighted by atomic mass is 32.1. The first-order valence-electron chi connectivity index (χ1n) is 8.41. The van der Waals surface area contributed by atoms with Crippen LogP contribution in [-0.2, 0) is 4.79 Å². The maximum atomic E-state index is 12.4. The number of amides is 1. The predicted octanol–water partition coefficient (Wildman–Crippen LogP) is 3.00. The van der Waals surface area contributed by atoms with Gasteiger partial charge in [-0.15, -0.1) is 10.2 Å². The third-order valence-corrected chi connectivity index (χ3v) is 5.34. The topological polar surface area (TPSA) is 79.8 Å². The van der Waals surface area contributed by atoms with Crippen LogP contribution >= 0.6 is 11.3 Å². The molecule has 0 radical (unpaired) electrons. The number of aryl methyl sites for hydroxylation is 1. The Morgan fingerprint density at radius 2 is 2.04 bits per heavy atom. The Hall–Kier alpha value is -2.38. The normalized spacial score (nSPS) is 15.4. The Morgan fingerprint density at radius 1 is 1.20 bits per heavy atom. The maximum Gasteiger partial charge on any atom is 0.228 e. The summed E-state index contributed by atoms with van der Waals surface area (Å²) >= 11 is 1.57. The third kappa shape index (κ3) is 3.52. The zero-order valence-electron chi connectivity index (χ0n) is 14.0. The molecular formula is C18H19N5OS. The zero-order chi connectivity index (χ0) is 17.2. The van der Waals surface area contributed by atoms with E-state index in [-0.39, 0.29) is 11.8 Å². The molecule has 0 spiro atoms. The number of pyridine rings is 1. The van der Waals surface area contributed by atoms with Gasteiger partial charge in [0, 0.05) is 23.1 Å². The Balaban J connectivity index is 1.59. The lowest BCUT2D eigenvalue weighted by Gasteiger charge is -2.21. The van der Waals surface area contributed by atoms with Crippen LogP contribution in [0.5, 0.6) is 0 Å². The highest BCUT2D eigenvalue weighted by Gasteiger charge is 2.21. The summed E-state index contributed by atoms with van der Waals surface area (Å²) in [6.45, 7) is 3.74. The molecule has 7 heteroatoms.